The lowest BCUT2D eigenvalue weighted by atomic mass is 10.1. The van der Waals surface area contributed by atoms with Crippen molar-refractivity contribution in [3.63, 3.8) is 0 Å². The van der Waals surface area contributed by atoms with Crippen molar-refractivity contribution in [1.82, 2.24) is 5.32 Å². The third kappa shape index (κ3) is 5.71. The average Bonchev–Trinajstić information content (AvgIpc) is 2.22. The number of ether oxygens (including phenoxy) is 1. The highest BCUT2D eigenvalue weighted by Gasteiger charge is 2.22. The Morgan fingerprint density at radius 2 is 2.13 bits per heavy atom. The van der Waals surface area contributed by atoms with E-state index in [1.165, 1.54) is 7.11 Å². The van der Waals surface area contributed by atoms with Crippen LogP contribution in [0.5, 0.6) is 0 Å². The zero-order valence-corrected chi connectivity index (χ0v) is 10.8. The van der Waals surface area contributed by atoms with Gasteiger partial charge in [-0.05, 0) is 13.3 Å². The Labute approximate surface area is 102 Å². The van der Waals surface area contributed by atoms with Crippen LogP contribution in [-0.4, -0.2) is 35.2 Å². The van der Waals surface area contributed by atoms with E-state index < -0.39 is 12.0 Å². The Hall–Kier alpha value is -0.660. The number of esters is 1. The molecule has 0 spiro atoms. The van der Waals surface area contributed by atoms with Crippen LogP contribution in [0.1, 0.15) is 19.8 Å². The highest BCUT2D eigenvalue weighted by atomic mass is 127. The molecule has 1 amide bonds. The molecule has 5 nitrogen and oxygen atoms in total. The third-order valence-electron chi connectivity index (χ3n) is 1.74. The number of aldehydes is 1. The highest BCUT2D eigenvalue weighted by Crippen LogP contribution is 2.03. The number of hydrogen-bond acceptors (Lipinski definition) is 4. The van der Waals surface area contributed by atoms with Crippen LogP contribution >= 0.6 is 22.6 Å². The fourth-order valence-electron chi connectivity index (χ4n) is 0.912. The second-order valence-electron chi connectivity index (χ2n) is 2.94. The largest absolute Gasteiger partial charge is 0.467 e. The molecule has 86 valence electrons. The maximum Gasteiger partial charge on any atom is 0.328 e. The summed E-state index contributed by atoms with van der Waals surface area (Å²) < 4.78 is 4.29. The van der Waals surface area contributed by atoms with E-state index in [0.29, 0.717) is 6.29 Å². The molecule has 0 rings (SSSR count). The van der Waals surface area contributed by atoms with E-state index in [9.17, 15) is 14.4 Å². The fourth-order valence-corrected chi connectivity index (χ4v) is 1.09. The lowest BCUT2D eigenvalue weighted by molar-refractivity contribution is -0.145. The molecule has 0 aromatic rings. The summed E-state index contributed by atoms with van der Waals surface area (Å²) in [4.78, 5) is 32.7. The van der Waals surface area contributed by atoms with Crippen LogP contribution in [-0.2, 0) is 19.1 Å². The first-order valence-corrected chi connectivity index (χ1v) is 5.73. The summed E-state index contributed by atoms with van der Waals surface area (Å²) in [6.45, 7) is 1.71. The van der Waals surface area contributed by atoms with Crippen molar-refractivity contribution in [2.24, 2.45) is 0 Å². The SMILES string of the molecule is COC(=O)[C@H](CCC=O)NC(=O)C(C)I. The number of halogens is 1. The van der Waals surface area contributed by atoms with Gasteiger partial charge in [-0.25, -0.2) is 4.79 Å². The number of alkyl halides is 1. The topological polar surface area (TPSA) is 72.5 Å². The highest BCUT2D eigenvalue weighted by molar-refractivity contribution is 14.1. The van der Waals surface area contributed by atoms with Crippen molar-refractivity contribution in [2.45, 2.75) is 29.7 Å². The van der Waals surface area contributed by atoms with E-state index in [1.807, 2.05) is 22.6 Å². The standard InChI is InChI=1S/C9H14INO4/c1-6(10)8(13)11-7(4-3-5-12)9(14)15-2/h5-7H,3-4H2,1-2H3,(H,11,13)/t6?,7-/m0/s1. The van der Waals surface area contributed by atoms with Crippen LogP contribution in [0.2, 0.25) is 0 Å². The molecule has 1 unspecified atom stereocenters. The molecular formula is C9H14INO4. The molecule has 0 aliphatic heterocycles. The van der Waals surface area contributed by atoms with Crippen molar-refractivity contribution in [3.8, 4) is 0 Å². The van der Waals surface area contributed by atoms with Gasteiger partial charge in [0, 0.05) is 6.42 Å². The Kier molecular flexibility index (Phi) is 7.27. The summed E-state index contributed by atoms with van der Waals surface area (Å²) in [5.41, 5.74) is 0. The average molecular weight is 327 g/mol. The van der Waals surface area contributed by atoms with Gasteiger partial charge in [0.05, 0.1) is 11.0 Å². The van der Waals surface area contributed by atoms with Gasteiger partial charge in [0.2, 0.25) is 5.91 Å². The molecular weight excluding hydrogens is 313 g/mol. The van der Waals surface area contributed by atoms with Crippen LogP contribution in [0, 0.1) is 0 Å². The van der Waals surface area contributed by atoms with Gasteiger partial charge in [-0.15, -0.1) is 0 Å². The van der Waals surface area contributed by atoms with Crippen LogP contribution in [0.25, 0.3) is 0 Å². The zero-order valence-electron chi connectivity index (χ0n) is 8.66. The summed E-state index contributed by atoms with van der Waals surface area (Å²) in [7, 11) is 1.25. The predicted octanol–water partition coefficient (Wildman–Crippen LogP) is 0.447. The van der Waals surface area contributed by atoms with Crippen LogP contribution in [0.15, 0.2) is 0 Å². The number of rotatable bonds is 6. The number of amides is 1. The molecule has 0 aliphatic rings. The van der Waals surface area contributed by atoms with Gasteiger partial charge in [0.25, 0.3) is 0 Å². The Bertz CT molecular complexity index is 242. The summed E-state index contributed by atoms with van der Waals surface area (Å²) in [5.74, 6) is -0.765. The minimum Gasteiger partial charge on any atom is -0.467 e. The molecule has 0 saturated heterocycles. The normalized spacial score (nSPS) is 13.8. The van der Waals surface area contributed by atoms with E-state index in [-0.39, 0.29) is 22.7 Å². The quantitative estimate of drug-likeness (QED) is 0.333. The number of carbonyl (C=O) groups excluding carboxylic acids is 3. The molecule has 0 aromatic heterocycles. The minimum absolute atomic E-state index is 0.218. The molecule has 0 radical (unpaired) electrons. The maximum absolute atomic E-state index is 11.3. The second kappa shape index (κ2) is 7.61. The molecule has 0 bridgehead atoms. The lowest BCUT2D eigenvalue weighted by Gasteiger charge is -2.16. The molecule has 0 aliphatic carbocycles. The Morgan fingerprint density at radius 3 is 2.53 bits per heavy atom. The maximum atomic E-state index is 11.3. The Balaban J connectivity index is 4.29. The first kappa shape index (κ1) is 14.3. The molecule has 0 heterocycles. The molecule has 0 aromatic carbocycles. The number of hydrogen-bond donors (Lipinski definition) is 1. The smallest absolute Gasteiger partial charge is 0.328 e. The van der Waals surface area contributed by atoms with Gasteiger partial charge in [-0.1, -0.05) is 22.6 Å². The van der Waals surface area contributed by atoms with E-state index >= 15 is 0 Å². The predicted molar refractivity (Wildman–Crippen MR) is 62.7 cm³/mol. The van der Waals surface area contributed by atoms with Crippen LogP contribution in [0.4, 0.5) is 0 Å². The van der Waals surface area contributed by atoms with Crippen molar-refractivity contribution in [1.29, 1.82) is 0 Å². The van der Waals surface area contributed by atoms with Crippen molar-refractivity contribution < 1.29 is 19.1 Å². The third-order valence-corrected chi connectivity index (χ3v) is 2.30. The molecule has 2 atom stereocenters. The molecule has 0 saturated carbocycles. The van der Waals surface area contributed by atoms with Crippen molar-refractivity contribution in [3.05, 3.63) is 0 Å². The number of nitrogens with one attached hydrogen (secondary N) is 1. The van der Waals surface area contributed by atoms with E-state index in [2.05, 4.69) is 10.1 Å². The van der Waals surface area contributed by atoms with Gasteiger partial charge in [0.15, 0.2) is 0 Å². The van der Waals surface area contributed by atoms with Crippen LogP contribution in [0.3, 0.4) is 0 Å². The zero-order chi connectivity index (χ0) is 11.8. The molecule has 0 fully saturated rings. The van der Waals surface area contributed by atoms with Gasteiger partial charge in [-0.2, -0.15) is 0 Å². The van der Waals surface area contributed by atoms with E-state index in [0.717, 1.165) is 0 Å². The van der Waals surface area contributed by atoms with E-state index in [1.54, 1.807) is 6.92 Å². The summed E-state index contributed by atoms with van der Waals surface area (Å²) in [6.07, 6.45) is 1.19. The molecule has 6 heteroatoms. The van der Waals surface area contributed by atoms with Gasteiger partial charge >= 0.3 is 5.97 Å². The van der Waals surface area contributed by atoms with Crippen molar-refractivity contribution >= 4 is 40.8 Å². The van der Waals surface area contributed by atoms with Gasteiger partial charge in [0.1, 0.15) is 12.3 Å². The summed E-state index contributed by atoms with van der Waals surface area (Å²) >= 11 is 1.94. The number of methoxy groups -OCH3 is 1. The molecule has 1 N–H and O–H groups in total. The number of carbonyl (C=O) groups is 3. The Morgan fingerprint density at radius 1 is 1.53 bits per heavy atom. The fraction of sp³-hybridized carbons (Fsp3) is 0.667. The first-order chi connectivity index (χ1) is 7.02. The van der Waals surface area contributed by atoms with Crippen molar-refractivity contribution in [2.75, 3.05) is 7.11 Å². The first-order valence-electron chi connectivity index (χ1n) is 4.48. The minimum atomic E-state index is -0.732. The van der Waals surface area contributed by atoms with Gasteiger partial charge in [-0.3, -0.25) is 4.79 Å². The monoisotopic (exact) mass is 327 g/mol. The summed E-state index contributed by atoms with van der Waals surface area (Å²) in [5, 5.41) is 2.52. The van der Waals surface area contributed by atoms with Gasteiger partial charge < -0.3 is 14.8 Å². The summed E-state index contributed by atoms with van der Waals surface area (Å²) in [6, 6.07) is -0.732. The van der Waals surface area contributed by atoms with Crippen LogP contribution < -0.4 is 5.32 Å². The lowest BCUT2D eigenvalue weighted by Crippen LogP contribution is -2.44. The molecule has 15 heavy (non-hydrogen) atoms. The second-order valence-corrected chi connectivity index (χ2v) is 4.81. The van der Waals surface area contributed by atoms with E-state index in [4.69, 9.17) is 0 Å².